The maximum atomic E-state index is 13.9. The number of H-pyrrole nitrogens is 1. The van der Waals surface area contributed by atoms with Gasteiger partial charge in [-0.25, -0.2) is 4.98 Å². The zero-order chi connectivity index (χ0) is 28.0. The van der Waals surface area contributed by atoms with Gasteiger partial charge >= 0.3 is 6.18 Å². The van der Waals surface area contributed by atoms with E-state index in [-0.39, 0.29) is 23.5 Å². The fraction of sp³-hybridized carbons (Fsp3) is 0.310. The first-order chi connectivity index (χ1) is 18.6. The largest absolute Gasteiger partial charge is 0.416 e. The summed E-state index contributed by atoms with van der Waals surface area (Å²) in [6.07, 6.45) is 0.474. The molecular weight excluding hydrogens is 505 g/mol. The fourth-order valence-corrected chi connectivity index (χ4v) is 4.35. The van der Waals surface area contributed by atoms with E-state index >= 15 is 0 Å². The quantitative estimate of drug-likeness (QED) is 0.392. The molecule has 1 aromatic carbocycles. The number of nitrogen functional groups attached to an aromatic ring is 1. The van der Waals surface area contributed by atoms with Crippen LogP contribution in [-0.4, -0.2) is 58.4 Å². The molecule has 7 nitrogen and oxygen atoms in total. The number of aromatic nitrogens is 2. The molecule has 0 radical (unpaired) electrons. The molecule has 0 unspecified atom stereocenters. The number of nitrogens with one attached hydrogen (secondary N) is 2. The number of benzene rings is 1. The summed E-state index contributed by atoms with van der Waals surface area (Å²) in [5, 5.41) is 2.58. The van der Waals surface area contributed by atoms with Gasteiger partial charge in [-0.05, 0) is 55.4 Å². The predicted octanol–water partition coefficient (Wildman–Crippen LogP) is 4.86. The summed E-state index contributed by atoms with van der Waals surface area (Å²) in [5.41, 5.74) is 7.29. The predicted molar refractivity (Wildman–Crippen MR) is 147 cm³/mol. The van der Waals surface area contributed by atoms with Crippen LogP contribution in [0.3, 0.4) is 0 Å². The molecule has 0 spiro atoms. The summed E-state index contributed by atoms with van der Waals surface area (Å²) in [6, 6.07) is 8.82. The number of allylic oxidation sites excluding steroid dienone is 1. The van der Waals surface area contributed by atoms with Crippen LogP contribution in [0.2, 0.25) is 0 Å². The number of amides is 1. The van der Waals surface area contributed by atoms with E-state index in [4.69, 9.17) is 5.73 Å². The third kappa shape index (κ3) is 7.50. The number of halogens is 3. The Morgan fingerprint density at radius 3 is 2.56 bits per heavy atom. The maximum Gasteiger partial charge on any atom is 0.416 e. The van der Waals surface area contributed by atoms with Crippen LogP contribution in [0.5, 0.6) is 0 Å². The van der Waals surface area contributed by atoms with Gasteiger partial charge in [0, 0.05) is 67.4 Å². The Balaban J connectivity index is 1.47. The molecule has 0 bridgehead atoms. The number of carbonyl (C=O) groups excluding carboxylic acids is 1. The normalized spacial score (nSPS) is 15.1. The average molecular weight is 537 g/mol. The SMILES string of the molecule is CCN1CCN(Cc2ccc(C(=O)Nc3cc(C#CC(C)=Cc4cc[nH]c4N)ccn3)cc2C(F)(F)F)CC1. The van der Waals surface area contributed by atoms with Crippen molar-refractivity contribution in [2.45, 2.75) is 26.6 Å². The van der Waals surface area contributed by atoms with Crippen LogP contribution in [-0.2, 0) is 12.7 Å². The molecule has 39 heavy (non-hydrogen) atoms. The Labute approximate surface area is 225 Å². The van der Waals surface area contributed by atoms with Crippen LogP contribution in [0, 0.1) is 11.8 Å². The van der Waals surface area contributed by atoms with Crippen molar-refractivity contribution in [2.75, 3.05) is 43.8 Å². The van der Waals surface area contributed by atoms with Gasteiger partial charge in [0.05, 0.1) is 5.56 Å². The molecule has 1 amide bonds. The van der Waals surface area contributed by atoms with Crippen molar-refractivity contribution in [1.29, 1.82) is 0 Å². The van der Waals surface area contributed by atoms with E-state index in [0.29, 0.717) is 24.5 Å². The molecule has 0 aliphatic carbocycles. The second-order valence-electron chi connectivity index (χ2n) is 9.39. The van der Waals surface area contributed by atoms with E-state index in [1.165, 1.54) is 18.3 Å². The van der Waals surface area contributed by atoms with Gasteiger partial charge in [0.1, 0.15) is 11.6 Å². The average Bonchev–Trinajstić information content (AvgIpc) is 3.31. The first-order valence-electron chi connectivity index (χ1n) is 12.7. The number of rotatable bonds is 6. The first-order valence-corrected chi connectivity index (χ1v) is 12.7. The lowest BCUT2D eigenvalue weighted by Crippen LogP contribution is -2.45. The van der Waals surface area contributed by atoms with Crippen LogP contribution in [0.1, 0.15) is 46.5 Å². The van der Waals surface area contributed by atoms with Gasteiger partial charge in [0.15, 0.2) is 0 Å². The molecule has 204 valence electrons. The van der Waals surface area contributed by atoms with Crippen molar-refractivity contribution in [1.82, 2.24) is 19.8 Å². The summed E-state index contributed by atoms with van der Waals surface area (Å²) >= 11 is 0. The molecule has 2 aromatic heterocycles. The number of alkyl halides is 3. The molecule has 3 heterocycles. The molecular formula is C29H31F3N6O. The van der Waals surface area contributed by atoms with Crippen molar-refractivity contribution in [3.05, 3.63) is 82.2 Å². The smallest absolute Gasteiger partial charge is 0.385 e. The van der Waals surface area contributed by atoms with Gasteiger partial charge in [0.25, 0.3) is 5.91 Å². The highest BCUT2D eigenvalue weighted by Crippen LogP contribution is 2.33. The van der Waals surface area contributed by atoms with Crippen LogP contribution < -0.4 is 11.1 Å². The third-order valence-corrected chi connectivity index (χ3v) is 6.57. The van der Waals surface area contributed by atoms with Gasteiger partial charge in [-0.1, -0.05) is 24.8 Å². The Kier molecular flexibility index (Phi) is 8.74. The number of aromatic amines is 1. The molecule has 10 heteroatoms. The summed E-state index contributed by atoms with van der Waals surface area (Å²) in [7, 11) is 0. The second-order valence-corrected chi connectivity index (χ2v) is 9.39. The van der Waals surface area contributed by atoms with E-state index in [0.717, 1.165) is 36.8 Å². The van der Waals surface area contributed by atoms with Crippen molar-refractivity contribution >= 4 is 23.6 Å². The number of pyridine rings is 1. The number of nitrogens with zero attached hydrogens (tertiary/aromatic N) is 3. The minimum Gasteiger partial charge on any atom is -0.385 e. The standard InChI is InChI=1S/C29H31F3N6O/c1-3-37-12-14-38(15-13-37)19-24-7-6-23(18-25(24)29(30,31)32)28(39)36-26-17-21(8-10-34-26)5-4-20(2)16-22-9-11-35-27(22)33/h6-11,16-18,35H,3,12-15,19,33H2,1-2H3,(H,34,36,39). The lowest BCUT2D eigenvalue weighted by molar-refractivity contribution is -0.138. The molecule has 4 rings (SSSR count). The fourth-order valence-electron chi connectivity index (χ4n) is 4.35. The first kappa shape index (κ1) is 28.0. The van der Waals surface area contributed by atoms with E-state index in [1.54, 1.807) is 18.3 Å². The number of piperazine rings is 1. The molecule has 0 saturated carbocycles. The molecule has 1 saturated heterocycles. The number of carbonyl (C=O) groups is 1. The zero-order valence-electron chi connectivity index (χ0n) is 21.9. The van der Waals surface area contributed by atoms with Gasteiger partial charge in [0.2, 0.25) is 0 Å². The maximum absolute atomic E-state index is 13.9. The highest BCUT2D eigenvalue weighted by Gasteiger charge is 2.34. The highest BCUT2D eigenvalue weighted by atomic mass is 19.4. The lowest BCUT2D eigenvalue weighted by atomic mass is 10.0. The molecule has 4 N–H and O–H groups in total. The third-order valence-electron chi connectivity index (χ3n) is 6.57. The van der Waals surface area contributed by atoms with Crippen LogP contribution in [0.25, 0.3) is 6.08 Å². The summed E-state index contributed by atoms with van der Waals surface area (Å²) in [6.45, 7) is 8.08. The van der Waals surface area contributed by atoms with Crippen LogP contribution in [0.15, 0.2) is 54.4 Å². The Morgan fingerprint density at radius 2 is 1.90 bits per heavy atom. The molecule has 1 fully saturated rings. The number of likely N-dealkylation sites (N-methyl/N-ethyl adjacent to an activating group) is 1. The number of hydrogen-bond donors (Lipinski definition) is 3. The zero-order valence-corrected chi connectivity index (χ0v) is 21.9. The molecule has 3 aromatic rings. The Hall–Kier alpha value is -4.07. The topological polar surface area (TPSA) is 90.3 Å². The summed E-state index contributed by atoms with van der Waals surface area (Å²) in [4.78, 5) is 24.1. The van der Waals surface area contributed by atoms with Crippen molar-refractivity contribution in [2.24, 2.45) is 0 Å². The number of anilines is 2. The van der Waals surface area contributed by atoms with Gasteiger partial charge in [-0.3, -0.25) is 9.69 Å². The molecule has 0 atom stereocenters. The summed E-state index contributed by atoms with van der Waals surface area (Å²) in [5.74, 6) is 6.06. The van der Waals surface area contributed by atoms with Crippen LogP contribution in [0.4, 0.5) is 24.8 Å². The second kappa shape index (κ2) is 12.2. The van der Waals surface area contributed by atoms with E-state index in [2.05, 4.69) is 38.9 Å². The van der Waals surface area contributed by atoms with Gasteiger partial charge in [-0.2, -0.15) is 13.2 Å². The number of hydrogen-bond acceptors (Lipinski definition) is 5. The highest BCUT2D eigenvalue weighted by molar-refractivity contribution is 6.04. The van der Waals surface area contributed by atoms with Gasteiger partial charge < -0.3 is 20.9 Å². The Bertz CT molecular complexity index is 1410. The van der Waals surface area contributed by atoms with Crippen molar-refractivity contribution < 1.29 is 18.0 Å². The van der Waals surface area contributed by atoms with Crippen LogP contribution >= 0.6 is 0 Å². The minimum absolute atomic E-state index is 0.0944. The number of nitrogens with two attached hydrogens (primary N) is 1. The molecule has 1 aliphatic rings. The minimum atomic E-state index is -4.58. The van der Waals surface area contributed by atoms with Crippen molar-refractivity contribution in [3.8, 4) is 11.8 Å². The molecule has 1 aliphatic heterocycles. The lowest BCUT2D eigenvalue weighted by Gasteiger charge is -2.34. The van der Waals surface area contributed by atoms with Gasteiger partial charge in [-0.15, -0.1) is 0 Å². The Morgan fingerprint density at radius 1 is 1.15 bits per heavy atom. The van der Waals surface area contributed by atoms with E-state index < -0.39 is 17.6 Å². The summed E-state index contributed by atoms with van der Waals surface area (Å²) < 4.78 is 41.8. The van der Waals surface area contributed by atoms with E-state index in [9.17, 15) is 18.0 Å². The van der Waals surface area contributed by atoms with Crippen molar-refractivity contribution in [3.63, 3.8) is 0 Å². The van der Waals surface area contributed by atoms with E-state index in [1.807, 2.05) is 24.0 Å². The monoisotopic (exact) mass is 536 g/mol.